The Bertz CT molecular complexity index is 915. The quantitative estimate of drug-likeness (QED) is 0.659. The fourth-order valence-electron chi connectivity index (χ4n) is 2.31. The number of benzene rings is 1. The number of para-hydroxylation sites is 1. The highest BCUT2D eigenvalue weighted by Gasteiger charge is 2.19. The van der Waals surface area contributed by atoms with Gasteiger partial charge in [-0.25, -0.2) is 8.78 Å². The van der Waals surface area contributed by atoms with Crippen LogP contribution in [-0.2, 0) is 6.61 Å². The molecule has 0 spiro atoms. The molecule has 0 N–H and O–H groups in total. The Morgan fingerprint density at radius 1 is 1.21 bits per heavy atom. The average molecular weight is 396 g/mol. The van der Waals surface area contributed by atoms with Crippen molar-refractivity contribution in [2.75, 3.05) is 0 Å². The fourth-order valence-corrected chi connectivity index (χ4v) is 2.72. The number of hydrogen-bond donors (Lipinski definition) is 0. The molecule has 0 atom stereocenters. The number of nitrogens with zero attached hydrogens (tertiary/aromatic N) is 1. The largest absolute Gasteiger partial charge is 0.484 e. The molecular weight excluding hydrogens is 384 g/mol. The van der Waals surface area contributed by atoms with Crippen molar-refractivity contribution < 1.29 is 17.9 Å². The van der Waals surface area contributed by atoms with Gasteiger partial charge in [0.2, 0.25) is 0 Å². The lowest BCUT2D eigenvalue weighted by molar-refractivity contribution is 0.267. The van der Waals surface area contributed by atoms with Crippen molar-refractivity contribution >= 4 is 15.9 Å². The first-order valence-corrected chi connectivity index (χ1v) is 7.80. The summed E-state index contributed by atoms with van der Waals surface area (Å²) in [7, 11) is 0. The highest BCUT2D eigenvalue weighted by molar-refractivity contribution is 9.10. The van der Waals surface area contributed by atoms with Gasteiger partial charge in [0.1, 0.15) is 39.9 Å². The second-order valence-corrected chi connectivity index (χ2v) is 5.84. The van der Waals surface area contributed by atoms with Crippen LogP contribution in [-0.4, -0.2) is 4.57 Å². The topological polar surface area (TPSA) is 44.4 Å². The minimum absolute atomic E-state index is 0.0716. The number of aromatic nitrogens is 1. The van der Waals surface area contributed by atoms with Gasteiger partial charge in [0, 0.05) is 11.8 Å². The van der Waals surface area contributed by atoms with Gasteiger partial charge < -0.3 is 9.15 Å². The summed E-state index contributed by atoms with van der Waals surface area (Å²) in [5.41, 5.74) is -0.701. The van der Waals surface area contributed by atoms with Crippen LogP contribution in [0.4, 0.5) is 8.78 Å². The summed E-state index contributed by atoms with van der Waals surface area (Å²) in [5.74, 6) is -0.793. The van der Waals surface area contributed by atoms with Crippen LogP contribution in [0.1, 0.15) is 11.5 Å². The summed E-state index contributed by atoms with van der Waals surface area (Å²) < 4.78 is 39.8. The van der Waals surface area contributed by atoms with E-state index >= 15 is 0 Å². The molecule has 1 aromatic carbocycles. The number of ether oxygens (including phenoxy) is 1. The molecule has 0 radical (unpaired) electrons. The van der Waals surface area contributed by atoms with Gasteiger partial charge in [-0.2, -0.15) is 0 Å². The first kappa shape index (κ1) is 16.4. The highest BCUT2D eigenvalue weighted by Crippen LogP contribution is 2.26. The zero-order valence-corrected chi connectivity index (χ0v) is 14.1. The van der Waals surface area contributed by atoms with Gasteiger partial charge in [0.15, 0.2) is 0 Å². The molecule has 3 rings (SSSR count). The third-order valence-corrected chi connectivity index (χ3v) is 4.14. The molecule has 0 saturated carbocycles. The van der Waals surface area contributed by atoms with Gasteiger partial charge in [-0.3, -0.25) is 9.36 Å². The minimum atomic E-state index is -0.823. The van der Waals surface area contributed by atoms with Crippen molar-refractivity contribution in [2.45, 2.75) is 13.5 Å². The van der Waals surface area contributed by atoms with E-state index in [1.54, 1.807) is 19.1 Å². The van der Waals surface area contributed by atoms with Crippen molar-refractivity contribution in [1.82, 2.24) is 4.57 Å². The van der Waals surface area contributed by atoms with Gasteiger partial charge in [0.05, 0.1) is 6.26 Å². The van der Waals surface area contributed by atoms with Gasteiger partial charge in [-0.05, 0) is 47.1 Å². The molecule has 24 heavy (non-hydrogen) atoms. The molecule has 4 nitrogen and oxygen atoms in total. The molecule has 124 valence electrons. The van der Waals surface area contributed by atoms with E-state index in [0.29, 0.717) is 11.5 Å². The second-order valence-electron chi connectivity index (χ2n) is 5.04. The summed E-state index contributed by atoms with van der Waals surface area (Å²) >= 11 is 3.14. The lowest BCUT2D eigenvalue weighted by Crippen LogP contribution is -2.24. The number of halogens is 3. The zero-order valence-electron chi connectivity index (χ0n) is 12.6. The normalized spacial score (nSPS) is 10.8. The van der Waals surface area contributed by atoms with Crippen molar-refractivity contribution in [2.24, 2.45) is 0 Å². The van der Waals surface area contributed by atoms with Crippen molar-refractivity contribution in [3.63, 3.8) is 0 Å². The molecule has 0 aliphatic carbocycles. The number of hydrogen-bond acceptors (Lipinski definition) is 3. The van der Waals surface area contributed by atoms with E-state index in [4.69, 9.17) is 9.15 Å². The fraction of sp³-hybridized carbons (Fsp3) is 0.118. The number of aryl methyl sites for hydroxylation is 1. The molecule has 0 saturated heterocycles. The highest BCUT2D eigenvalue weighted by atomic mass is 79.9. The molecule has 0 amide bonds. The Balaban J connectivity index is 2.05. The molecule has 2 aromatic heterocycles. The molecule has 0 aliphatic heterocycles. The Kier molecular flexibility index (Phi) is 4.53. The van der Waals surface area contributed by atoms with E-state index in [-0.39, 0.29) is 16.8 Å². The maximum absolute atomic E-state index is 14.0. The van der Waals surface area contributed by atoms with Crippen molar-refractivity contribution in [1.29, 1.82) is 0 Å². The molecule has 0 fully saturated rings. The van der Waals surface area contributed by atoms with Gasteiger partial charge >= 0.3 is 0 Å². The molecule has 0 aliphatic rings. The summed E-state index contributed by atoms with van der Waals surface area (Å²) in [5, 5.41) is 0. The third-order valence-electron chi connectivity index (χ3n) is 3.41. The molecule has 7 heteroatoms. The van der Waals surface area contributed by atoms with E-state index in [1.165, 1.54) is 18.4 Å². The summed E-state index contributed by atoms with van der Waals surface area (Å²) in [6.07, 6.45) is 1.51. The first-order chi connectivity index (χ1) is 11.5. The number of rotatable bonds is 4. The standard InChI is InChI=1S/C17H12BrF2NO3/c1-10-8-14(24-9-11-4-3-7-23-11)15(18)17(22)21(10)16-12(19)5-2-6-13(16)20/h2-8H,9H2,1H3. The van der Waals surface area contributed by atoms with E-state index in [0.717, 1.165) is 16.7 Å². The molecule has 2 heterocycles. The maximum atomic E-state index is 14.0. The molecule has 0 bridgehead atoms. The van der Waals surface area contributed by atoms with Gasteiger partial charge in [-0.15, -0.1) is 0 Å². The summed E-state index contributed by atoms with van der Waals surface area (Å²) in [4.78, 5) is 12.6. The Hall–Kier alpha value is -2.41. The predicted octanol–water partition coefficient (Wildman–Crippen LogP) is 4.36. The van der Waals surface area contributed by atoms with Crippen LogP contribution in [0.5, 0.6) is 5.75 Å². The second kappa shape index (κ2) is 6.60. The summed E-state index contributed by atoms with van der Waals surface area (Å²) in [6, 6.07) is 8.42. The van der Waals surface area contributed by atoms with Crippen LogP contribution in [0.15, 0.2) is 56.3 Å². The summed E-state index contributed by atoms with van der Waals surface area (Å²) in [6.45, 7) is 1.70. The molecule has 0 unspecified atom stereocenters. The third kappa shape index (κ3) is 2.99. The van der Waals surface area contributed by atoms with Gasteiger partial charge in [0.25, 0.3) is 5.56 Å². The Morgan fingerprint density at radius 3 is 2.54 bits per heavy atom. The van der Waals surface area contributed by atoms with E-state index in [1.807, 2.05) is 0 Å². The molecular formula is C17H12BrF2NO3. The Morgan fingerprint density at radius 2 is 1.92 bits per heavy atom. The van der Waals surface area contributed by atoms with Crippen LogP contribution in [0, 0.1) is 18.6 Å². The lowest BCUT2D eigenvalue weighted by Gasteiger charge is -2.15. The van der Waals surface area contributed by atoms with Crippen LogP contribution in [0.3, 0.4) is 0 Å². The minimum Gasteiger partial charge on any atom is -0.484 e. The van der Waals surface area contributed by atoms with Crippen LogP contribution >= 0.6 is 15.9 Å². The zero-order chi connectivity index (χ0) is 17.3. The smallest absolute Gasteiger partial charge is 0.273 e. The number of furan rings is 1. The monoisotopic (exact) mass is 395 g/mol. The van der Waals surface area contributed by atoms with Gasteiger partial charge in [-0.1, -0.05) is 6.07 Å². The lowest BCUT2D eigenvalue weighted by atomic mass is 10.2. The van der Waals surface area contributed by atoms with Crippen LogP contribution in [0.25, 0.3) is 5.69 Å². The number of pyridine rings is 1. The maximum Gasteiger partial charge on any atom is 0.273 e. The average Bonchev–Trinajstić information content (AvgIpc) is 3.06. The van der Waals surface area contributed by atoms with Crippen LogP contribution in [0.2, 0.25) is 0 Å². The van der Waals surface area contributed by atoms with E-state index in [9.17, 15) is 13.6 Å². The van der Waals surface area contributed by atoms with E-state index < -0.39 is 22.9 Å². The SMILES string of the molecule is Cc1cc(OCc2ccco2)c(Br)c(=O)n1-c1c(F)cccc1F. The van der Waals surface area contributed by atoms with Crippen molar-refractivity contribution in [3.8, 4) is 11.4 Å². The molecule has 3 aromatic rings. The first-order valence-electron chi connectivity index (χ1n) is 7.00. The van der Waals surface area contributed by atoms with Crippen molar-refractivity contribution in [3.05, 3.63) is 80.6 Å². The Labute approximate surface area is 144 Å². The van der Waals surface area contributed by atoms with E-state index in [2.05, 4.69) is 15.9 Å². The van der Waals surface area contributed by atoms with Crippen LogP contribution < -0.4 is 10.3 Å². The predicted molar refractivity (Wildman–Crippen MR) is 87.4 cm³/mol.